The molecule has 0 fully saturated rings. The van der Waals surface area contributed by atoms with Crippen LogP contribution in [0, 0.1) is 11.3 Å². The summed E-state index contributed by atoms with van der Waals surface area (Å²) in [6.45, 7) is 0.266. The topological polar surface area (TPSA) is 67.2 Å². The van der Waals surface area contributed by atoms with Crippen LogP contribution in [0.3, 0.4) is 0 Å². The maximum absolute atomic E-state index is 13.6. The van der Waals surface area contributed by atoms with Crippen molar-refractivity contribution < 1.29 is 17.5 Å². The Morgan fingerprint density at radius 1 is 1.67 bits per heavy atom. The second-order valence-electron chi connectivity index (χ2n) is 4.02. The molecule has 0 aromatic carbocycles. The van der Waals surface area contributed by atoms with E-state index < -0.39 is 21.3 Å². The van der Waals surface area contributed by atoms with Crippen molar-refractivity contribution >= 4 is 25.8 Å². The summed E-state index contributed by atoms with van der Waals surface area (Å²) in [6.07, 6.45) is 3.09. The first-order valence-corrected chi connectivity index (χ1v) is 8.20. The molecule has 1 rings (SSSR count). The lowest BCUT2D eigenvalue weighted by Gasteiger charge is -2.31. The van der Waals surface area contributed by atoms with Gasteiger partial charge in [0.25, 0.3) is 0 Å². The van der Waals surface area contributed by atoms with Crippen LogP contribution in [-0.2, 0) is 14.6 Å². The summed E-state index contributed by atoms with van der Waals surface area (Å²) < 4.78 is 42.0. The van der Waals surface area contributed by atoms with Gasteiger partial charge in [0, 0.05) is 18.0 Å². The molecule has 0 amide bonds. The number of sulfone groups is 1. The van der Waals surface area contributed by atoms with Gasteiger partial charge in [-0.15, -0.1) is 0 Å². The van der Waals surface area contributed by atoms with E-state index in [1.54, 1.807) is 0 Å². The SMILES string of the molecule is CS(=O)(=O)C1=CC(CC#N)(OCCBr)CC(F)=C1. The zero-order valence-electron chi connectivity index (χ0n) is 9.82. The molecule has 0 saturated heterocycles. The Hall–Kier alpha value is -0.710. The van der Waals surface area contributed by atoms with E-state index in [1.807, 2.05) is 6.07 Å². The van der Waals surface area contributed by atoms with Crippen LogP contribution in [0.1, 0.15) is 12.8 Å². The Kier molecular flexibility index (Phi) is 5.08. The minimum atomic E-state index is -3.53. The summed E-state index contributed by atoms with van der Waals surface area (Å²) in [6, 6.07) is 1.91. The van der Waals surface area contributed by atoms with Gasteiger partial charge < -0.3 is 4.74 Å². The number of hydrogen-bond acceptors (Lipinski definition) is 4. The molecule has 0 saturated carbocycles. The first-order valence-electron chi connectivity index (χ1n) is 5.19. The standard InChI is InChI=1S/C11H13BrFNO3S/c1-18(15,16)10-6-9(13)7-11(8-10,2-4-14)17-5-3-12/h6,8H,2-3,5,7H2,1H3. The van der Waals surface area contributed by atoms with Gasteiger partial charge in [0.1, 0.15) is 11.4 Å². The molecule has 1 aliphatic rings. The predicted octanol–water partition coefficient (Wildman–Crippen LogP) is 2.24. The van der Waals surface area contributed by atoms with Crippen molar-refractivity contribution in [2.75, 3.05) is 18.2 Å². The fraction of sp³-hybridized carbons (Fsp3) is 0.545. The van der Waals surface area contributed by atoms with Crippen LogP contribution in [0.5, 0.6) is 0 Å². The van der Waals surface area contributed by atoms with Crippen LogP contribution < -0.4 is 0 Å². The molecule has 1 atom stereocenters. The van der Waals surface area contributed by atoms with E-state index in [1.165, 1.54) is 6.08 Å². The van der Waals surface area contributed by atoms with Crippen LogP contribution in [0.25, 0.3) is 0 Å². The molecular formula is C11H13BrFNO3S. The minimum Gasteiger partial charge on any atom is -0.368 e. The molecule has 7 heteroatoms. The average molecular weight is 338 g/mol. The van der Waals surface area contributed by atoms with E-state index in [2.05, 4.69) is 15.9 Å². The molecule has 100 valence electrons. The quantitative estimate of drug-likeness (QED) is 0.721. The summed E-state index contributed by atoms with van der Waals surface area (Å²) in [5.74, 6) is -0.595. The van der Waals surface area contributed by atoms with Crippen LogP contribution in [0.4, 0.5) is 4.39 Å². The maximum Gasteiger partial charge on any atom is 0.175 e. The summed E-state index contributed by atoms with van der Waals surface area (Å²) in [4.78, 5) is -0.143. The van der Waals surface area contributed by atoms with Gasteiger partial charge in [0.15, 0.2) is 9.84 Å². The van der Waals surface area contributed by atoms with Crippen molar-refractivity contribution in [2.24, 2.45) is 0 Å². The molecule has 0 aromatic heterocycles. The number of nitrogens with zero attached hydrogens (tertiary/aromatic N) is 1. The molecule has 0 aliphatic heterocycles. The number of alkyl halides is 1. The van der Waals surface area contributed by atoms with Gasteiger partial charge in [-0.05, 0) is 12.2 Å². The van der Waals surface area contributed by atoms with Gasteiger partial charge in [-0.3, -0.25) is 0 Å². The van der Waals surface area contributed by atoms with Crippen molar-refractivity contribution in [2.45, 2.75) is 18.4 Å². The smallest absolute Gasteiger partial charge is 0.175 e. The molecule has 0 heterocycles. The lowest BCUT2D eigenvalue weighted by atomic mass is 9.91. The molecule has 0 spiro atoms. The highest BCUT2D eigenvalue weighted by molar-refractivity contribution is 9.09. The summed E-state index contributed by atoms with van der Waals surface area (Å²) in [5, 5.41) is 9.32. The van der Waals surface area contributed by atoms with Crippen LogP contribution in [-0.4, -0.2) is 32.2 Å². The Balaban J connectivity index is 3.17. The van der Waals surface area contributed by atoms with Gasteiger partial charge >= 0.3 is 0 Å². The number of hydrogen-bond donors (Lipinski definition) is 0. The van der Waals surface area contributed by atoms with E-state index in [0.29, 0.717) is 5.33 Å². The first-order chi connectivity index (χ1) is 8.33. The zero-order chi connectivity index (χ0) is 13.8. The lowest BCUT2D eigenvalue weighted by molar-refractivity contribution is 0.000125. The maximum atomic E-state index is 13.6. The van der Waals surface area contributed by atoms with Gasteiger partial charge in [0.05, 0.1) is 24.0 Å². The van der Waals surface area contributed by atoms with E-state index in [0.717, 1.165) is 12.3 Å². The third kappa shape index (κ3) is 3.90. The highest BCUT2D eigenvalue weighted by Gasteiger charge is 2.35. The number of rotatable bonds is 5. The van der Waals surface area contributed by atoms with Crippen LogP contribution in [0.15, 0.2) is 22.9 Å². The predicted molar refractivity (Wildman–Crippen MR) is 69.4 cm³/mol. The third-order valence-corrected chi connectivity index (χ3v) is 3.86. The second-order valence-corrected chi connectivity index (χ2v) is 6.83. The average Bonchev–Trinajstić information content (AvgIpc) is 2.25. The fourth-order valence-electron chi connectivity index (χ4n) is 1.69. The zero-order valence-corrected chi connectivity index (χ0v) is 12.2. The lowest BCUT2D eigenvalue weighted by Crippen LogP contribution is -2.34. The highest BCUT2D eigenvalue weighted by atomic mass is 79.9. The summed E-state index contributed by atoms with van der Waals surface area (Å²) in [5.41, 5.74) is -1.19. The van der Waals surface area contributed by atoms with Gasteiger partial charge in [-0.1, -0.05) is 15.9 Å². The molecular weight excluding hydrogens is 325 g/mol. The Bertz CT molecular complexity index is 521. The fourth-order valence-corrected chi connectivity index (χ4v) is 2.62. The van der Waals surface area contributed by atoms with Gasteiger partial charge in [0.2, 0.25) is 0 Å². The molecule has 1 aliphatic carbocycles. The summed E-state index contributed by atoms with van der Waals surface area (Å²) in [7, 11) is -3.53. The van der Waals surface area contributed by atoms with E-state index >= 15 is 0 Å². The third-order valence-electron chi connectivity index (χ3n) is 2.45. The van der Waals surface area contributed by atoms with Crippen LogP contribution >= 0.6 is 15.9 Å². The minimum absolute atomic E-state index is 0.0969. The van der Waals surface area contributed by atoms with Crippen molar-refractivity contribution in [3.05, 3.63) is 22.9 Å². The Labute approximate surface area is 114 Å². The normalized spacial score (nSPS) is 24.1. The number of halogens is 2. The van der Waals surface area contributed by atoms with E-state index in [9.17, 15) is 12.8 Å². The first kappa shape index (κ1) is 15.3. The molecule has 0 radical (unpaired) electrons. The largest absolute Gasteiger partial charge is 0.368 e. The highest BCUT2D eigenvalue weighted by Crippen LogP contribution is 2.34. The molecule has 0 N–H and O–H groups in total. The van der Waals surface area contributed by atoms with Crippen molar-refractivity contribution in [1.82, 2.24) is 0 Å². The Morgan fingerprint density at radius 2 is 2.33 bits per heavy atom. The molecule has 0 aromatic rings. The van der Waals surface area contributed by atoms with Gasteiger partial charge in [-0.25, -0.2) is 12.8 Å². The summed E-state index contributed by atoms with van der Waals surface area (Å²) >= 11 is 3.17. The van der Waals surface area contributed by atoms with Crippen molar-refractivity contribution in [3.63, 3.8) is 0 Å². The number of nitriles is 1. The molecule has 1 unspecified atom stereocenters. The second kappa shape index (κ2) is 5.95. The molecule has 4 nitrogen and oxygen atoms in total. The van der Waals surface area contributed by atoms with Crippen molar-refractivity contribution in [1.29, 1.82) is 5.26 Å². The van der Waals surface area contributed by atoms with E-state index in [4.69, 9.17) is 10.00 Å². The molecule has 18 heavy (non-hydrogen) atoms. The molecule has 0 bridgehead atoms. The van der Waals surface area contributed by atoms with Crippen LogP contribution in [0.2, 0.25) is 0 Å². The Morgan fingerprint density at radius 3 is 2.83 bits per heavy atom. The number of ether oxygens (including phenoxy) is 1. The van der Waals surface area contributed by atoms with Crippen molar-refractivity contribution in [3.8, 4) is 6.07 Å². The van der Waals surface area contributed by atoms with E-state index in [-0.39, 0.29) is 24.4 Å². The monoisotopic (exact) mass is 337 g/mol. The van der Waals surface area contributed by atoms with Gasteiger partial charge in [-0.2, -0.15) is 5.26 Å². The number of allylic oxidation sites excluding steroid dienone is 1.